The Morgan fingerprint density at radius 3 is 2.29 bits per heavy atom. The molecule has 0 bridgehead atoms. The zero-order chi connectivity index (χ0) is 30.3. The molecule has 0 saturated heterocycles. The molecular formula is C31H35Cl2N3O5S. The van der Waals surface area contributed by atoms with Gasteiger partial charge < -0.3 is 15.0 Å². The Morgan fingerprint density at radius 2 is 1.67 bits per heavy atom. The van der Waals surface area contributed by atoms with Crippen LogP contribution in [-0.4, -0.2) is 50.9 Å². The normalized spacial score (nSPS) is 14.3. The van der Waals surface area contributed by atoms with Crippen molar-refractivity contribution < 1.29 is 22.7 Å². The number of anilines is 1. The molecule has 1 atom stereocenters. The zero-order valence-electron chi connectivity index (χ0n) is 23.6. The molecule has 224 valence electrons. The third-order valence-corrected chi connectivity index (χ3v) is 9.72. The second-order valence-electron chi connectivity index (χ2n) is 10.2. The molecule has 1 N–H and O–H groups in total. The van der Waals surface area contributed by atoms with E-state index in [4.69, 9.17) is 27.9 Å². The molecule has 3 aromatic rings. The van der Waals surface area contributed by atoms with Crippen LogP contribution in [0.15, 0.2) is 77.7 Å². The van der Waals surface area contributed by atoms with Crippen molar-refractivity contribution in [3.63, 3.8) is 0 Å². The number of hydrogen-bond donors (Lipinski definition) is 1. The molecule has 4 rings (SSSR count). The van der Waals surface area contributed by atoms with Crippen LogP contribution in [-0.2, 0) is 26.2 Å². The van der Waals surface area contributed by atoms with Crippen LogP contribution in [0.25, 0.3) is 0 Å². The molecule has 0 aromatic heterocycles. The number of methoxy groups -OCH3 is 1. The maximum atomic E-state index is 14.2. The van der Waals surface area contributed by atoms with Crippen LogP contribution in [0.1, 0.15) is 44.6 Å². The molecule has 0 spiro atoms. The van der Waals surface area contributed by atoms with E-state index in [1.807, 2.05) is 19.1 Å². The molecule has 11 heteroatoms. The lowest BCUT2D eigenvalue weighted by molar-refractivity contribution is -0.140. The monoisotopic (exact) mass is 631 g/mol. The van der Waals surface area contributed by atoms with Gasteiger partial charge in [-0.1, -0.05) is 73.3 Å². The molecule has 0 radical (unpaired) electrons. The topological polar surface area (TPSA) is 96.0 Å². The van der Waals surface area contributed by atoms with Crippen LogP contribution < -0.4 is 14.4 Å². The van der Waals surface area contributed by atoms with Crippen molar-refractivity contribution in [1.82, 2.24) is 10.2 Å². The van der Waals surface area contributed by atoms with Crippen LogP contribution in [0.3, 0.4) is 0 Å². The lowest BCUT2D eigenvalue weighted by Gasteiger charge is -2.34. The highest BCUT2D eigenvalue weighted by atomic mass is 35.5. The minimum Gasteiger partial charge on any atom is -0.497 e. The van der Waals surface area contributed by atoms with Crippen molar-refractivity contribution >= 4 is 50.7 Å². The average molecular weight is 633 g/mol. The SMILES string of the molecule is CC[C@H](C(=O)NC1CCCC1)N(Cc1ccc(OC)cc1)C(=O)CN(c1cc(Cl)ccc1Cl)S(=O)(=O)c1ccccc1. The number of nitrogens with one attached hydrogen (secondary N) is 1. The predicted octanol–water partition coefficient (Wildman–Crippen LogP) is 6.06. The Kier molecular flexibility index (Phi) is 10.8. The Labute approximate surface area is 257 Å². The summed E-state index contributed by atoms with van der Waals surface area (Å²) in [6, 6.07) is 18.6. The summed E-state index contributed by atoms with van der Waals surface area (Å²) in [4.78, 5) is 29.2. The van der Waals surface area contributed by atoms with Crippen LogP contribution in [0, 0.1) is 0 Å². The summed E-state index contributed by atoms with van der Waals surface area (Å²) in [6.45, 7) is 1.32. The van der Waals surface area contributed by atoms with E-state index in [1.54, 1.807) is 43.5 Å². The summed E-state index contributed by atoms with van der Waals surface area (Å²) < 4.78 is 34.1. The molecule has 0 heterocycles. The largest absolute Gasteiger partial charge is 0.497 e. The molecule has 1 fully saturated rings. The van der Waals surface area contributed by atoms with Gasteiger partial charge in [0, 0.05) is 17.6 Å². The number of halogens is 2. The number of benzene rings is 3. The Hall–Kier alpha value is -3.27. The predicted molar refractivity (Wildman–Crippen MR) is 165 cm³/mol. The van der Waals surface area contributed by atoms with Crippen LogP contribution >= 0.6 is 23.2 Å². The highest BCUT2D eigenvalue weighted by Crippen LogP contribution is 2.33. The summed E-state index contributed by atoms with van der Waals surface area (Å²) in [7, 11) is -2.69. The summed E-state index contributed by atoms with van der Waals surface area (Å²) in [5, 5.41) is 3.47. The van der Waals surface area contributed by atoms with E-state index in [-0.39, 0.29) is 39.1 Å². The molecule has 42 heavy (non-hydrogen) atoms. The summed E-state index contributed by atoms with van der Waals surface area (Å²) in [5.41, 5.74) is 0.823. The lowest BCUT2D eigenvalue weighted by Crippen LogP contribution is -2.53. The van der Waals surface area contributed by atoms with Gasteiger partial charge in [-0.2, -0.15) is 0 Å². The molecule has 3 aromatic carbocycles. The van der Waals surface area contributed by atoms with Gasteiger partial charge >= 0.3 is 0 Å². The van der Waals surface area contributed by atoms with Crippen LogP contribution in [0.5, 0.6) is 5.75 Å². The second-order valence-corrected chi connectivity index (χ2v) is 12.9. The van der Waals surface area contributed by atoms with Gasteiger partial charge in [0.05, 0.1) is 22.7 Å². The van der Waals surface area contributed by atoms with Crippen molar-refractivity contribution in [1.29, 1.82) is 0 Å². The van der Waals surface area contributed by atoms with E-state index in [1.165, 1.54) is 29.2 Å². The summed E-state index contributed by atoms with van der Waals surface area (Å²) >= 11 is 12.7. The molecular weight excluding hydrogens is 597 g/mol. The molecule has 8 nitrogen and oxygen atoms in total. The van der Waals surface area contributed by atoms with Gasteiger partial charge in [-0.25, -0.2) is 8.42 Å². The molecule has 0 aliphatic heterocycles. The molecule has 1 aliphatic rings. The van der Waals surface area contributed by atoms with Crippen molar-refractivity contribution in [2.45, 2.75) is 62.6 Å². The van der Waals surface area contributed by atoms with Gasteiger partial charge in [-0.3, -0.25) is 13.9 Å². The van der Waals surface area contributed by atoms with Gasteiger partial charge in [0.25, 0.3) is 10.0 Å². The fourth-order valence-electron chi connectivity index (χ4n) is 5.12. The van der Waals surface area contributed by atoms with E-state index in [0.717, 1.165) is 35.6 Å². The first kappa shape index (κ1) is 31.7. The second kappa shape index (κ2) is 14.3. The minimum atomic E-state index is -4.25. The summed E-state index contributed by atoms with van der Waals surface area (Å²) in [6.07, 6.45) is 4.21. The molecule has 2 amide bonds. The Morgan fingerprint density at radius 1 is 1.00 bits per heavy atom. The van der Waals surface area contributed by atoms with E-state index in [2.05, 4.69) is 5.32 Å². The first-order chi connectivity index (χ1) is 20.1. The molecule has 1 aliphatic carbocycles. The molecule has 0 unspecified atom stereocenters. The van der Waals surface area contributed by atoms with E-state index >= 15 is 0 Å². The van der Waals surface area contributed by atoms with Crippen LogP contribution in [0.4, 0.5) is 5.69 Å². The Balaban J connectivity index is 1.73. The number of ether oxygens (including phenoxy) is 1. The average Bonchev–Trinajstić information content (AvgIpc) is 3.50. The molecule has 1 saturated carbocycles. The van der Waals surface area contributed by atoms with Crippen molar-refractivity contribution in [3.05, 3.63) is 88.4 Å². The zero-order valence-corrected chi connectivity index (χ0v) is 26.0. The lowest BCUT2D eigenvalue weighted by atomic mass is 10.1. The third kappa shape index (κ3) is 7.56. The fourth-order valence-corrected chi connectivity index (χ4v) is 7.01. The Bertz CT molecular complexity index is 1480. The first-order valence-corrected chi connectivity index (χ1v) is 16.1. The van der Waals surface area contributed by atoms with Gasteiger partial charge in [-0.15, -0.1) is 0 Å². The third-order valence-electron chi connectivity index (χ3n) is 7.39. The quantitative estimate of drug-likeness (QED) is 0.262. The number of sulfonamides is 1. The number of amides is 2. The van der Waals surface area contributed by atoms with E-state index < -0.39 is 28.5 Å². The minimum absolute atomic E-state index is 0.0124. The maximum Gasteiger partial charge on any atom is 0.264 e. The van der Waals surface area contributed by atoms with Gasteiger partial charge in [0.15, 0.2) is 0 Å². The number of nitrogens with zero attached hydrogens (tertiary/aromatic N) is 2. The van der Waals surface area contributed by atoms with Crippen molar-refractivity contribution in [2.75, 3.05) is 18.0 Å². The number of carbonyl (C=O) groups excluding carboxylic acids is 2. The highest BCUT2D eigenvalue weighted by molar-refractivity contribution is 7.92. The first-order valence-electron chi connectivity index (χ1n) is 13.9. The van der Waals surface area contributed by atoms with Gasteiger partial charge in [-0.05, 0) is 67.3 Å². The number of hydrogen-bond acceptors (Lipinski definition) is 5. The fraction of sp³-hybridized carbons (Fsp3) is 0.355. The number of carbonyl (C=O) groups is 2. The van der Waals surface area contributed by atoms with E-state index in [0.29, 0.717) is 12.2 Å². The summed E-state index contributed by atoms with van der Waals surface area (Å²) in [5.74, 6) is -0.169. The van der Waals surface area contributed by atoms with E-state index in [9.17, 15) is 18.0 Å². The van der Waals surface area contributed by atoms with Gasteiger partial charge in [0.1, 0.15) is 18.3 Å². The highest BCUT2D eigenvalue weighted by Gasteiger charge is 2.35. The number of rotatable bonds is 12. The standard InChI is InChI=1S/C31H35Cl2N3O5S/c1-3-28(31(38)34-24-9-7-8-10-24)35(20-22-13-16-25(41-2)17-14-22)30(37)21-36(29-19-23(32)15-18-27(29)33)42(39,40)26-11-5-4-6-12-26/h4-6,11-19,24,28H,3,7-10,20-21H2,1-2H3,(H,34,38)/t28-/m1/s1. The maximum absolute atomic E-state index is 14.2. The van der Waals surface area contributed by atoms with Crippen LogP contribution in [0.2, 0.25) is 10.0 Å². The van der Waals surface area contributed by atoms with Crippen molar-refractivity contribution in [3.8, 4) is 5.75 Å². The smallest absolute Gasteiger partial charge is 0.264 e. The van der Waals surface area contributed by atoms with Gasteiger partial charge in [0.2, 0.25) is 11.8 Å². The van der Waals surface area contributed by atoms with Crippen molar-refractivity contribution in [2.24, 2.45) is 0 Å².